The third-order valence-corrected chi connectivity index (χ3v) is 3.29. The SMILES string of the molecule is CCNC(=S)N/N=C\c1ccc(N(CC)CC)cc1OC. The number of hydrazone groups is 1. The predicted molar refractivity (Wildman–Crippen MR) is 93.6 cm³/mol. The Hall–Kier alpha value is -1.82. The normalized spacial score (nSPS) is 10.5. The molecule has 0 saturated carbocycles. The quantitative estimate of drug-likeness (QED) is 0.460. The van der Waals surface area contributed by atoms with Gasteiger partial charge in [-0.2, -0.15) is 5.10 Å². The maximum absolute atomic E-state index is 5.44. The van der Waals surface area contributed by atoms with Gasteiger partial charge in [0, 0.05) is 37.0 Å². The molecular weight excluding hydrogens is 284 g/mol. The third-order valence-electron chi connectivity index (χ3n) is 3.05. The van der Waals surface area contributed by atoms with Crippen LogP contribution in [-0.4, -0.2) is 38.1 Å². The Morgan fingerprint density at radius 1 is 1.33 bits per heavy atom. The molecule has 0 aliphatic rings. The lowest BCUT2D eigenvalue weighted by Gasteiger charge is -2.22. The number of thiocarbonyl (C=S) groups is 1. The number of nitrogens with one attached hydrogen (secondary N) is 2. The van der Waals surface area contributed by atoms with Gasteiger partial charge >= 0.3 is 0 Å². The van der Waals surface area contributed by atoms with Gasteiger partial charge in [0.05, 0.1) is 13.3 Å². The molecule has 0 heterocycles. The molecule has 1 rings (SSSR count). The first-order valence-corrected chi connectivity index (χ1v) is 7.56. The molecule has 1 aromatic rings. The van der Waals surface area contributed by atoms with Crippen LogP contribution in [0.2, 0.25) is 0 Å². The maximum atomic E-state index is 5.44. The molecule has 0 radical (unpaired) electrons. The minimum Gasteiger partial charge on any atom is -0.496 e. The van der Waals surface area contributed by atoms with Gasteiger partial charge in [0.1, 0.15) is 5.75 Å². The van der Waals surface area contributed by atoms with Crippen molar-refractivity contribution in [1.29, 1.82) is 0 Å². The van der Waals surface area contributed by atoms with Crippen molar-refractivity contribution < 1.29 is 4.74 Å². The van der Waals surface area contributed by atoms with Crippen LogP contribution in [0.3, 0.4) is 0 Å². The van der Waals surface area contributed by atoms with E-state index in [1.54, 1.807) is 13.3 Å². The highest BCUT2D eigenvalue weighted by Crippen LogP contribution is 2.24. The van der Waals surface area contributed by atoms with Gasteiger partial charge in [0.25, 0.3) is 0 Å². The summed E-state index contributed by atoms with van der Waals surface area (Å²) < 4.78 is 5.44. The highest BCUT2D eigenvalue weighted by molar-refractivity contribution is 7.80. The summed E-state index contributed by atoms with van der Waals surface area (Å²) in [4.78, 5) is 2.27. The molecule has 0 atom stereocenters. The fourth-order valence-corrected chi connectivity index (χ4v) is 2.15. The number of rotatable bonds is 7. The first kappa shape index (κ1) is 17.2. The van der Waals surface area contributed by atoms with E-state index in [0.717, 1.165) is 36.6 Å². The van der Waals surface area contributed by atoms with Crippen LogP contribution in [0, 0.1) is 0 Å². The Bertz CT molecular complexity index is 487. The van der Waals surface area contributed by atoms with Crippen LogP contribution in [-0.2, 0) is 0 Å². The molecule has 0 saturated heterocycles. The van der Waals surface area contributed by atoms with Crippen LogP contribution in [0.5, 0.6) is 5.75 Å². The van der Waals surface area contributed by atoms with Gasteiger partial charge in [-0.3, -0.25) is 5.43 Å². The van der Waals surface area contributed by atoms with Crippen molar-refractivity contribution in [3.63, 3.8) is 0 Å². The summed E-state index contributed by atoms with van der Waals surface area (Å²) in [5, 5.41) is 7.59. The Labute approximate surface area is 132 Å². The maximum Gasteiger partial charge on any atom is 0.186 e. The fourth-order valence-electron chi connectivity index (χ4n) is 1.95. The minimum absolute atomic E-state index is 0.507. The highest BCUT2D eigenvalue weighted by Gasteiger charge is 2.06. The van der Waals surface area contributed by atoms with Gasteiger partial charge < -0.3 is 15.0 Å². The number of nitrogens with zero attached hydrogens (tertiary/aromatic N) is 2. The molecule has 0 spiro atoms. The highest BCUT2D eigenvalue weighted by atomic mass is 32.1. The van der Waals surface area contributed by atoms with Crippen LogP contribution < -0.4 is 20.4 Å². The van der Waals surface area contributed by atoms with Crippen LogP contribution in [0.15, 0.2) is 23.3 Å². The second-order valence-electron chi connectivity index (χ2n) is 4.33. The zero-order chi connectivity index (χ0) is 15.7. The van der Waals surface area contributed by atoms with Crippen LogP contribution in [0.1, 0.15) is 26.3 Å². The zero-order valence-electron chi connectivity index (χ0n) is 13.1. The number of ether oxygens (including phenoxy) is 1. The molecule has 116 valence electrons. The summed E-state index contributed by atoms with van der Waals surface area (Å²) in [6.07, 6.45) is 1.70. The third kappa shape index (κ3) is 5.23. The van der Waals surface area contributed by atoms with Gasteiger partial charge in [0.2, 0.25) is 0 Å². The summed E-state index contributed by atoms with van der Waals surface area (Å²) in [6.45, 7) is 8.95. The summed E-state index contributed by atoms with van der Waals surface area (Å²) in [7, 11) is 1.66. The Kier molecular flexibility index (Phi) is 7.53. The van der Waals surface area contributed by atoms with Crippen LogP contribution in [0.4, 0.5) is 5.69 Å². The van der Waals surface area contributed by atoms with Gasteiger partial charge in [-0.05, 0) is 45.1 Å². The van der Waals surface area contributed by atoms with Crippen molar-refractivity contribution in [2.75, 3.05) is 31.6 Å². The van der Waals surface area contributed by atoms with E-state index in [9.17, 15) is 0 Å². The van der Waals surface area contributed by atoms with Crippen LogP contribution >= 0.6 is 12.2 Å². The lowest BCUT2D eigenvalue weighted by Crippen LogP contribution is -2.31. The van der Waals surface area contributed by atoms with Crippen molar-refractivity contribution in [3.05, 3.63) is 23.8 Å². The summed E-state index contributed by atoms with van der Waals surface area (Å²) in [6, 6.07) is 6.09. The van der Waals surface area contributed by atoms with E-state index >= 15 is 0 Å². The van der Waals surface area contributed by atoms with Crippen molar-refractivity contribution >= 4 is 29.2 Å². The average molecular weight is 308 g/mol. The molecule has 0 amide bonds. The Morgan fingerprint density at radius 3 is 2.62 bits per heavy atom. The molecular formula is C15H24N4OS. The van der Waals surface area contributed by atoms with Gasteiger partial charge in [-0.25, -0.2) is 0 Å². The molecule has 0 bridgehead atoms. The molecule has 0 fully saturated rings. The van der Waals surface area contributed by atoms with E-state index in [2.05, 4.69) is 40.7 Å². The summed E-state index contributed by atoms with van der Waals surface area (Å²) in [5.74, 6) is 0.791. The first-order chi connectivity index (χ1) is 10.2. The van der Waals surface area contributed by atoms with E-state index in [1.807, 2.05) is 19.1 Å². The molecule has 0 aliphatic carbocycles. The van der Waals surface area contributed by atoms with Crippen molar-refractivity contribution in [2.45, 2.75) is 20.8 Å². The van der Waals surface area contributed by atoms with E-state index in [4.69, 9.17) is 17.0 Å². The number of methoxy groups -OCH3 is 1. The Balaban J connectivity index is 2.84. The van der Waals surface area contributed by atoms with Gasteiger partial charge in [-0.1, -0.05) is 0 Å². The topological polar surface area (TPSA) is 48.9 Å². The lowest BCUT2D eigenvalue weighted by molar-refractivity contribution is 0.414. The van der Waals surface area contributed by atoms with Crippen molar-refractivity contribution in [1.82, 2.24) is 10.7 Å². The first-order valence-electron chi connectivity index (χ1n) is 7.16. The Morgan fingerprint density at radius 2 is 2.05 bits per heavy atom. The average Bonchev–Trinajstić information content (AvgIpc) is 2.49. The lowest BCUT2D eigenvalue weighted by atomic mass is 10.2. The molecule has 0 aromatic heterocycles. The van der Waals surface area contributed by atoms with Crippen molar-refractivity contribution in [3.8, 4) is 5.75 Å². The standard InChI is InChI=1S/C15H24N4OS/c1-5-16-15(21)18-17-11-12-8-9-13(10-14(12)20-4)19(6-2)7-3/h8-11H,5-7H2,1-4H3,(H2,16,18,21)/b17-11-. The summed E-state index contributed by atoms with van der Waals surface area (Å²) in [5.41, 5.74) is 4.81. The monoisotopic (exact) mass is 308 g/mol. The second-order valence-corrected chi connectivity index (χ2v) is 4.74. The molecule has 6 heteroatoms. The van der Waals surface area contributed by atoms with E-state index in [0.29, 0.717) is 5.11 Å². The van der Waals surface area contributed by atoms with E-state index in [-0.39, 0.29) is 0 Å². The number of benzene rings is 1. The predicted octanol–water partition coefficient (Wildman–Crippen LogP) is 2.36. The molecule has 0 aliphatic heterocycles. The molecule has 21 heavy (non-hydrogen) atoms. The smallest absolute Gasteiger partial charge is 0.186 e. The van der Waals surface area contributed by atoms with Crippen LogP contribution in [0.25, 0.3) is 0 Å². The van der Waals surface area contributed by atoms with E-state index in [1.165, 1.54) is 0 Å². The number of anilines is 1. The molecule has 2 N–H and O–H groups in total. The molecule has 0 unspecified atom stereocenters. The van der Waals surface area contributed by atoms with E-state index < -0.39 is 0 Å². The number of hydrogen-bond acceptors (Lipinski definition) is 4. The van der Waals surface area contributed by atoms with Gasteiger partial charge in [0.15, 0.2) is 5.11 Å². The summed E-state index contributed by atoms with van der Waals surface area (Å²) >= 11 is 5.04. The van der Waals surface area contributed by atoms with Gasteiger partial charge in [-0.15, -0.1) is 0 Å². The molecule has 1 aromatic carbocycles. The second kappa shape index (κ2) is 9.18. The molecule has 5 nitrogen and oxygen atoms in total. The largest absolute Gasteiger partial charge is 0.496 e. The minimum atomic E-state index is 0.507. The van der Waals surface area contributed by atoms with Crippen molar-refractivity contribution in [2.24, 2.45) is 5.10 Å². The fraction of sp³-hybridized carbons (Fsp3) is 0.467. The zero-order valence-corrected chi connectivity index (χ0v) is 14.0. The number of hydrogen-bond donors (Lipinski definition) is 2.